The topological polar surface area (TPSA) is 190 Å². The van der Waals surface area contributed by atoms with Crippen molar-refractivity contribution in [1.82, 2.24) is 0 Å². The monoisotopic (exact) mass is 903 g/mol. The molecule has 0 aromatic carbocycles. The second kappa shape index (κ2) is 19.9. The van der Waals surface area contributed by atoms with Crippen LogP contribution in [0.15, 0.2) is 47.1 Å². The summed E-state index contributed by atoms with van der Waals surface area (Å²) in [5.74, 6) is -2.93. The van der Waals surface area contributed by atoms with Crippen molar-refractivity contribution in [3.8, 4) is 0 Å². The molecule has 0 aromatic rings. The minimum Gasteiger partial charge on any atom is -0.462 e. The Labute approximate surface area is 378 Å². The zero-order valence-corrected chi connectivity index (χ0v) is 38.9. The van der Waals surface area contributed by atoms with Crippen LogP contribution < -0.4 is 0 Å². The van der Waals surface area contributed by atoms with Crippen LogP contribution in [0, 0.1) is 23.7 Å². The van der Waals surface area contributed by atoms with Crippen LogP contribution in [0.4, 0.5) is 0 Å². The number of hydrogen-bond acceptors (Lipinski definition) is 15. The maximum atomic E-state index is 14.4. The van der Waals surface area contributed by atoms with Gasteiger partial charge >= 0.3 is 5.97 Å². The van der Waals surface area contributed by atoms with Crippen LogP contribution in [-0.4, -0.2) is 151 Å². The van der Waals surface area contributed by atoms with E-state index in [9.17, 15) is 25.2 Å². The fourth-order valence-electron chi connectivity index (χ4n) is 11.9. The van der Waals surface area contributed by atoms with E-state index >= 15 is 0 Å². The highest BCUT2D eigenvalue weighted by Crippen LogP contribution is 2.49. The van der Waals surface area contributed by atoms with Gasteiger partial charge in [-0.25, -0.2) is 0 Å². The minimum absolute atomic E-state index is 0.0165. The normalized spacial score (nSPS) is 49.6. The van der Waals surface area contributed by atoms with Crippen LogP contribution in [0.1, 0.15) is 106 Å². The van der Waals surface area contributed by atoms with Crippen LogP contribution >= 0.6 is 0 Å². The highest BCUT2D eigenvalue weighted by atomic mass is 16.7. The summed E-state index contributed by atoms with van der Waals surface area (Å²) in [7, 11) is 3.21. The molecular weight excluding hydrogens is 829 g/mol. The second-order valence-corrected chi connectivity index (χ2v) is 20.1. The van der Waals surface area contributed by atoms with E-state index in [1.165, 1.54) is 0 Å². The Morgan fingerprint density at radius 1 is 0.828 bits per heavy atom. The highest BCUT2D eigenvalue weighted by molar-refractivity contribution is 5.78. The van der Waals surface area contributed by atoms with Crippen molar-refractivity contribution < 1.29 is 72.6 Å². The Morgan fingerprint density at radius 3 is 2.27 bits per heavy atom. The molecule has 5 saturated heterocycles. The van der Waals surface area contributed by atoms with Crippen molar-refractivity contribution in [2.45, 2.75) is 209 Å². The van der Waals surface area contributed by atoms with E-state index in [2.05, 4.69) is 19.9 Å². The molecule has 6 aliphatic heterocycles. The predicted molar refractivity (Wildman–Crippen MR) is 231 cm³/mol. The maximum Gasteiger partial charge on any atom is 0.316 e. The van der Waals surface area contributed by atoms with Gasteiger partial charge in [0.1, 0.15) is 42.0 Å². The molecule has 15 heteroatoms. The van der Waals surface area contributed by atoms with Crippen molar-refractivity contribution in [2.75, 3.05) is 20.8 Å². The lowest BCUT2D eigenvalue weighted by atomic mass is 9.71. The Hall–Kier alpha value is -2.09. The van der Waals surface area contributed by atoms with Gasteiger partial charge in [-0.1, -0.05) is 57.1 Å². The van der Waals surface area contributed by atoms with E-state index in [4.69, 9.17) is 47.4 Å². The lowest BCUT2D eigenvalue weighted by molar-refractivity contribution is -0.354. The van der Waals surface area contributed by atoms with Crippen molar-refractivity contribution >= 4 is 5.97 Å². The van der Waals surface area contributed by atoms with Gasteiger partial charge in [0.05, 0.1) is 55.4 Å². The molecule has 6 heterocycles. The second-order valence-electron chi connectivity index (χ2n) is 20.1. The number of esters is 1. The van der Waals surface area contributed by atoms with E-state index in [1.807, 2.05) is 26.0 Å². The van der Waals surface area contributed by atoms with Gasteiger partial charge in [-0.15, -0.1) is 0 Å². The lowest BCUT2D eigenvalue weighted by Crippen LogP contribution is -2.60. The highest BCUT2D eigenvalue weighted by Gasteiger charge is 2.60. The summed E-state index contributed by atoms with van der Waals surface area (Å²) in [4.78, 5) is 14.4. The van der Waals surface area contributed by atoms with Crippen LogP contribution in [-0.2, 0) is 52.2 Å². The molecule has 2 aliphatic carbocycles. The molecule has 0 aromatic heterocycles. The number of fused-ring (bicyclic) bond motifs is 2. The number of rotatable bonds is 7. The van der Waals surface area contributed by atoms with Gasteiger partial charge in [-0.3, -0.25) is 4.79 Å². The molecule has 0 amide bonds. The van der Waals surface area contributed by atoms with Crippen molar-refractivity contribution in [3.63, 3.8) is 0 Å². The smallest absolute Gasteiger partial charge is 0.316 e. The number of ether oxygens (including phenoxy) is 10. The number of hydrogen-bond donors (Lipinski definition) is 4. The van der Waals surface area contributed by atoms with Gasteiger partial charge in [0.2, 0.25) is 0 Å². The zero-order chi connectivity index (χ0) is 45.7. The predicted octanol–water partition coefficient (Wildman–Crippen LogP) is 4.72. The number of allylic oxidation sites excluding steroid dienone is 2. The fraction of sp³-hybridized carbons (Fsp3) is 0.816. The maximum absolute atomic E-state index is 14.4. The summed E-state index contributed by atoms with van der Waals surface area (Å²) in [5, 5.41) is 45.9. The fourth-order valence-corrected chi connectivity index (χ4v) is 11.9. The van der Waals surface area contributed by atoms with Gasteiger partial charge in [0.15, 0.2) is 18.4 Å². The summed E-state index contributed by atoms with van der Waals surface area (Å²) in [5.41, 5.74) is 0.0546. The summed E-state index contributed by atoms with van der Waals surface area (Å²) in [6.45, 7) is 11.6. The van der Waals surface area contributed by atoms with Crippen LogP contribution in [0.3, 0.4) is 0 Å². The minimum atomic E-state index is -1.86. The first kappa shape index (κ1) is 48.4. The first-order valence-corrected chi connectivity index (χ1v) is 23.9. The molecule has 1 spiro atoms. The Bertz CT molecular complexity index is 1760. The molecule has 1 saturated carbocycles. The Morgan fingerprint density at radius 2 is 1.53 bits per heavy atom. The summed E-state index contributed by atoms with van der Waals surface area (Å²) in [6.07, 6.45) is 6.77. The molecule has 8 aliphatic rings. The van der Waals surface area contributed by atoms with Gasteiger partial charge < -0.3 is 67.8 Å². The number of methoxy groups -OCH3 is 2. The zero-order valence-electron chi connectivity index (χ0n) is 38.9. The van der Waals surface area contributed by atoms with Gasteiger partial charge in [0, 0.05) is 58.2 Å². The van der Waals surface area contributed by atoms with E-state index in [0.717, 1.165) is 31.3 Å². The van der Waals surface area contributed by atoms with Crippen molar-refractivity contribution in [1.29, 1.82) is 0 Å². The standard InChI is InChI=1S/C49H74O15/c1-25-12-11-15-32-24-57-46-41(51)27(3)18-35(49(32,46)54)47(53)60-34-19-33(63-48(22-34)23-36(50)28(4)44(64-48)31-13-9-10-14-31)17-16-26(2)43(25)61-40-21-38(56-8)45(30(6)59-40)62-39-20-37(55-7)42(52)29(5)58-39/h11-12,15-16,18,25,28-31,33-46,50-52,54H,9-10,13-14,17,19-24H2,1-8H3/b12-11-,26-16-,32-15?/t25-,28-,29-,30-,33+,34-,35-,36?,37-,38-,39-,40-,41+,42-,43-,44?,45-,46+,48-,49+/m0/s1. The SMILES string of the molecule is CO[C@H]1C[C@H](O[C@H]2[C@H](C)O[C@@H](O[C@@H]3/C(C)=C\C[C@@H]4C[C@@H](C[C@]5(CC(O)[C@H](C)C(C6CCCC6)O5)O4)OC(=O)[C@@H]4C=C(C)[C@@H](O)[C@H]5OCC(=C/C=C\[C@@H]3C)[C@]54O)C[C@@H]2OC)O[C@@H](C)[C@@H]1O. The molecule has 8 rings (SSSR count). The van der Waals surface area contributed by atoms with Gasteiger partial charge in [-0.05, 0) is 69.6 Å². The number of aliphatic hydroxyl groups excluding tert-OH is 3. The lowest BCUT2D eigenvalue weighted by Gasteiger charge is -2.52. The van der Waals surface area contributed by atoms with E-state index in [0.29, 0.717) is 42.7 Å². The first-order chi connectivity index (χ1) is 30.5. The third kappa shape index (κ3) is 9.63. The van der Waals surface area contributed by atoms with E-state index in [1.54, 1.807) is 40.2 Å². The number of carbonyl (C=O) groups excluding carboxylic acids is 1. The van der Waals surface area contributed by atoms with Gasteiger partial charge in [-0.2, -0.15) is 0 Å². The molecule has 0 radical (unpaired) electrons. The summed E-state index contributed by atoms with van der Waals surface area (Å²) >= 11 is 0. The molecule has 6 fully saturated rings. The summed E-state index contributed by atoms with van der Waals surface area (Å²) < 4.78 is 63.9. The third-order valence-electron chi connectivity index (χ3n) is 15.7. The largest absolute Gasteiger partial charge is 0.462 e. The number of carbonyl (C=O) groups is 1. The molecule has 4 N–H and O–H groups in total. The Balaban J connectivity index is 1.09. The molecule has 64 heavy (non-hydrogen) atoms. The third-order valence-corrected chi connectivity index (χ3v) is 15.7. The molecular formula is C49H74O15. The van der Waals surface area contributed by atoms with E-state index in [-0.39, 0.29) is 37.4 Å². The quantitative estimate of drug-likeness (QED) is 0.203. The Kier molecular flexibility index (Phi) is 15.0. The van der Waals surface area contributed by atoms with Crippen molar-refractivity contribution in [2.24, 2.45) is 23.7 Å². The van der Waals surface area contributed by atoms with Crippen LogP contribution in [0.25, 0.3) is 0 Å². The van der Waals surface area contributed by atoms with E-state index < -0.39 is 109 Å². The average Bonchev–Trinajstić information content (AvgIpc) is 3.92. The molecule has 360 valence electrons. The average molecular weight is 903 g/mol. The van der Waals surface area contributed by atoms with Gasteiger partial charge in [0.25, 0.3) is 0 Å². The molecule has 2 unspecified atom stereocenters. The first-order valence-electron chi connectivity index (χ1n) is 23.9. The molecule has 20 atom stereocenters. The van der Waals surface area contributed by atoms with Crippen molar-refractivity contribution in [3.05, 3.63) is 47.1 Å². The van der Waals surface area contributed by atoms with Crippen LogP contribution in [0.5, 0.6) is 0 Å². The summed E-state index contributed by atoms with van der Waals surface area (Å²) in [6, 6.07) is 0. The molecule has 15 nitrogen and oxygen atoms in total. The number of aliphatic hydroxyl groups is 4. The molecule has 2 bridgehead atoms. The van der Waals surface area contributed by atoms with Crippen LogP contribution in [0.2, 0.25) is 0 Å².